The van der Waals surface area contributed by atoms with Crippen LogP contribution in [-0.2, 0) is 0 Å². The number of ether oxygens (including phenoxy) is 1. The summed E-state index contributed by atoms with van der Waals surface area (Å²) in [5, 5.41) is 10.7. The molecule has 5 nitrogen and oxygen atoms in total. The van der Waals surface area contributed by atoms with Gasteiger partial charge in [-0.15, -0.1) is 0 Å². The molecule has 0 fully saturated rings. The topological polar surface area (TPSA) is 65.3 Å². The number of benzene rings is 1. The predicted octanol–water partition coefficient (Wildman–Crippen LogP) is 2.97. The zero-order chi connectivity index (χ0) is 13.1. The number of non-ortho nitro benzene ring substituents is 1. The van der Waals surface area contributed by atoms with Crippen LogP contribution in [0.4, 0.5) is 5.69 Å². The van der Waals surface area contributed by atoms with Crippen LogP contribution < -0.4 is 4.74 Å². The van der Waals surface area contributed by atoms with Gasteiger partial charge in [-0.3, -0.25) is 10.1 Å². The molecule has 0 aliphatic carbocycles. The van der Waals surface area contributed by atoms with Crippen LogP contribution in [0.25, 0.3) is 11.1 Å². The number of hydrogen-bond donors (Lipinski definition) is 0. The highest BCUT2D eigenvalue weighted by Gasteiger charge is 2.08. The van der Waals surface area contributed by atoms with Crippen molar-refractivity contribution in [3.63, 3.8) is 0 Å². The number of nitro benzene ring substituents is 1. The van der Waals surface area contributed by atoms with Crippen molar-refractivity contribution in [3.05, 3.63) is 52.2 Å². The number of rotatable bonds is 3. The number of pyridine rings is 1. The molecule has 0 spiro atoms. The Labute approximate surface area is 104 Å². The minimum atomic E-state index is -0.408. The minimum Gasteiger partial charge on any atom is -0.481 e. The first-order chi connectivity index (χ1) is 8.60. The molecule has 5 heteroatoms. The van der Waals surface area contributed by atoms with E-state index >= 15 is 0 Å². The molecule has 1 heterocycles. The number of aryl methyl sites for hydroxylation is 1. The van der Waals surface area contributed by atoms with Crippen molar-refractivity contribution in [1.29, 1.82) is 0 Å². The maximum Gasteiger partial charge on any atom is 0.270 e. The van der Waals surface area contributed by atoms with E-state index in [-0.39, 0.29) is 5.69 Å². The minimum absolute atomic E-state index is 0.0703. The zero-order valence-corrected chi connectivity index (χ0v) is 10.1. The number of nitrogens with zero attached hydrogens (tertiary/aromatic N) is 2. The normalized spacial score (nSPS) is 10.1. The van der Waals surface area contributed by atoms with E-state index in [1.54, 1.807) is 19.2 Å². The van der Waals surface area contributed by atoms with Crippen molar-refractivity contribution in [3.8, 4) is 17.0 Å². The molecule has 0 amide bonds. The summed E-state index contributed by atoms with van der Waals surface area (Å²) in [4.78, 5) is 14.5. The van der Waals surface area contributed by atoms with Crippen LogP contribution in [0.2, 0.25) is 0 Å². The smallest absolute Gasteiger partial charge is 0.270 e. The van der Waals surface area contributed by atoms with E-state index in [1.807, 2.05) is 19.1 Å². The molecule has 0 unspecified atom stereocenters. The first-order valence-electron chi connectivity index (χ1n) is 5.37. The molecule has 0 saturated carbocycles. The monoisotopic (exact) mass is 244 g/mol. The number of methoxy groups -OCH3 is 1. The Morgan fingerprint density at radius 3 is 2.67 bits per heavy atom. The molecule has 0 aliphatic heterocycles. The molecular weight excluding hydrogens is 232 g/mol. The van der Waals surface area contributed by atoms with Gasteiger partial charge in [0.15, 0.2) is 0 Å². The summed E-state index contributed by atoms with van der Waals surface area (Å²) in [6, 6.07) is 10.1. The molecule has 2 aromatic rings. The van der Waals surface area contributed by atoms with Gasteiger partial charge in [0.1, 0.15) is 0 Å². The third-order valence-electron chi connectivity index (χ3n) is 2.53. The van der Waals surface area contributed by atoms with Crippen LogP contribution in [0.5, 0.6) is 5.88 Å². The fraction of sp³-hybridized carbons (Fsp3) is 0.154. The standard InChI is InChI=1S/C13H12N2O3/c1-9-6-11(8-13(14-9)18-2)10-4-3-5-12(7-10)15(16)17/h3-8H,1-2H3. The van der Waals surface area contributed by atoms with Crippen molar-refractivity contribution >= 4 is 5.69 Å². The average Bonchev–Trinajstić information content (AvgIpc) is 2.38. The Bertz CT molecular complexity index is 597. The van der Waals surface area contributed by atoms with Crippen LogP contribution in [-0.4, -0.2) is 17.0 Å². The first-order valence-corrected chi connectivity index (χ1v) is 5.37. The van der Waals surface area contributed by atoms with Crippen molar-refractivity contribution in [2.75, 3.05) is 7.11 Å². The van der Waals surface area contributed by atoms with Gasteiger partial charge in [0.25, 0.3) is 5.69 Å². The van der Waals surface area contributed by atoms with Crippen molar-refractivity contribution < 1.29 is 9.66 Å². The van der Waals surface area contributed by atoms with Gasteiger partial charge in [0.2, 0.25) is 5.88 Å². The Morgan fingerprint density at radius 1 is 1.22 bits per heavy atom. The largest absolute Gasteiger partial charge is 0.481 e. The maximum absolute atomic E-state index is 10.7. The predicted molar refractivity (Wildman–Crippen MR) is 67.6 cm³/mol. The van der Waals surface area contributed by atoms with E-state index < -0.39 is 4.92 Å². The third kappa shape index (κ3) is 2.45. The lowest BCUT2D eigenvalue weighted by molar-refractivity contribution is -0.384. The lowest BCUT2D eigenvalue weighted by Crippen LogP contribution is -1.92. The quantitative estimate of drug-likeness (QED) is 0.615. The van der Waals surface area contributed by atoms with Crippen LogP contribution in [0.3, 0.4) is 0 Å². The zero-order valence-electron chi connectivity index (χ0n) is 10.1. The van der Waals surface area contributed by atoms with Crippen molar-refractivity contribution in [1.82, 2.24) is 4.98 Å². The lowest BCUT2D eigenvalue weighted by Gasteiger charge is -2.06. The van der Waals surface area contributed by atoms with Crippen molar-refractivity contribution in [2.24, 2.45) is 0 Å². The second-order valence-electron chi connectivity index (χ2n) is 3.85. The second kappa shape index (κ2) is 4.83. The molecule has 92 valence electrons. The summed E-state index contributed by atoms with van der Waals surface area (Å²) >= 11 is 0. The van der Waals surface area contributed by atoms with E-state index in [2.05, 4.69) is 4.98 Å². The lowest BCUT2D eigenvalue weighted by atomic mass is 10.1. The van der Waals surface area contributed by atoms with Gasteiger partial charge in [0.05, 0.1) is 12.0 Å². The van der Waals surface area contributed by atoms with Gasteiger partial charge >= 0.3 is 0 Å². The van der Waals surface area contributed by atoms with Gasteiger partial charge in [-0.25, -0.2) is 4.98 Å². The highest BCUT2D eigenvalue weighted by molar-refractivity contribution is 5.67. The highest BCUT2D eigenvalue weighted by atomic mass is 16.6. The number of aromatic nitrogens is 1. The summed E-state index contributed by atoms with van der Waals surface area (Å²) < 4.78 is 5.09. The Morgan fingerprint density at radius 2 is 2.00 bits per heavy atom. The Kier molecular flexibility index (Phi) is 3.23. The third-order valence-corrected chi connectivity index (χ3v) is 2.53. The van der Waals surface area contributed by atoms with E-state index in [4.69, 9.17) is 4.74 Å². The van der Waals surface area contributed by atoms with Gasteiger partial charge < -0.3 is 4.74 Å². The van der Waals surface area contributed by atoms with E-state index in [1.165, 1.54) is 12.1 Å². The average molecular weight is 244 g/mol. The molecule has 0 N–H and O–H groups in total. The Hall–Kier alpha value is -2.43. The Balaban J connectivity index is 2.51. The molecular formula is C13H12N2O3. The molecule has 18 heavy (non-hydrogen) atoms. The number of hydrogen-bond acceptors (Lipinski definition) is 4. The molecule has 0 atom stereocenters. The molecule has 1 aromatic heterocycles. The second-order valence-corrected chi connectivity index (χ2v) is 3.85. The fourth-order valence-corrected chi connectivity index (χ4v) is 1.71. The maximum atomic E-state index is 10.7. The highest BCUT2D eigenvalue weighted by Crippen LogP contribution is 2.26. The first kappa shape index (κ1) is 12.0. The van der Waals surface area contributed by atoms with E-state index in [0.717, 1.165) is 16.8 Å². The SMILES string of the molecule is COc1cc(-c2cccc([N+](=O)[O-])c2)cc(C)n1. The number of nitro groups is 1. The summed E-state index contributed by atoms with van der Waals surface area (Å²) in [6.07, 6.45) is 0. The molecule has 2 rings (SSSR count). The summed E-state index contributed by atoms with van der Waals surface area (Å²) in [5.74, 6) is 0.497. The summed E-state index contributed by atoms with van der Waals surface area (Å²) in [6.45, 7) is 1.85. The molecule has 1 aromatic carbocycles. The fourth-order valence-electron chi connectivity index (χ4n) is 1.71. The molecule has 0 radical (unpaired) electrons. The van der Waals surface area contributed by atoms with Crippen molar-refractivity contribution in [2.45, 2.75) is 6.92 Å². The van der Waals surface area contributed by atoms with Crippen LogP contribution in [0.1, 0.15) is 5.69 Å². The van der Waals surface area contributed by atoms with Gasteiger partial charge in [-0.2, -0.15) is 0 Å². The molecule has 0 aliphatic rings. The van der Waals surface area contributed by atoms with Crippen LogP contribution in [0, 0.1) is 17.0 Å². The molecule has 0 saturated heterocycles. The van der Waals surface area contributed by atoms with Gasteiger partial charge in [0, 0.05) is 23.9 Å². The van der Waals surface area contributed by atoms with Crippen LogP contribution >= 0.6 is 0 Å². The molecule has 0 bridgehead atoms. The van der Waals surface area contributed by atoms with Gasteiger partial charge in [-0.05, 0) is 24.1 Å². The van der Waals surface area contributed by atoms with E-state index in [9.17, 15) is 10.1 Å². The van der Waals surface area contributed by atoms with Gasteiger partial charge in [-0.1, -0.05) is 12.1 Å². The summed E-state index contributed by atoms with van der Waals surface area (Å²) in [7, 11) is 1.54. The van der Waals surface area contributed by atoms with Crippen LogP contribution in [0.15, 0.2) is 36.4 Å². The van der Waals surface area contributed by atoms with E-state index in [0.29, 0.717) is 5.88 Å². The summed E-state index contributed by atoms with van der Waals surface area (Å²) in [5.41, 5.74) is 2.49.